The highest BCUT2D eigenvalue weighted by Gasteiger charge is 2.28. The summed E-state index contributed by atoms with van der Waals surface area (Å²) in [6, 6.07) is 3.60. The lowest BCUT2D eigenvalue weighted by atomic mass is 9.84. The molecule has 0 bridgehead atoms. The van der Waals surface area contributed by atoms with E-state index in [0.717, 1.165) is 5.56 Å². The van der Waals surface area contributed by atoms with Gasteiger partial charge < -0.3 is 0 Å². The van der Waals surface area contributed by atoms with Crippen molar-refractivity contribution in [3.05, 3.63) is 30.1 Å². The van der Waals surface area contributed by atoms with Gasteiger partial charge in [-0.2, -0.15) is 0 Å². The van der Waals surface area contributed by atoms with Crippen LogP contribution in [0.2, 0.25) is 0 Å². The standard InChI is InChI=1S/C9H13N3O/c1-9(2,8(13)12-10)7-3-5-11-6-4-7/h3-6H,10H2,1-2H3,(H,12,13). The second-order valence-electron chi connectivity index (χ2n) is 3.33. The van der Waals surface area contributed by atoms with Crippen LogP contribution in [0.25, 0.3) is 0 Å². The monoisotopic (exact) mass is 179 g/mol. The molecule has 4 heteroatoms. The molecule has 0 radical (unpaired) electrons. The van der Waals surface area contributed by atoms with Crippen LogP contribution in [0.3, 0.4) is 0 Å². The number of hydrogen-bond donors (Lipinski definition) is 2. The summed E-state index contributed by atoms with van der Waals surface area (Å²) < 4.78 is 0. The number of hydrazine groups is 1. The minimum Gasteiger partial charge on any atom is -0.294 e. The number of nitrogens with two attached hydrogens (primary N) is 1. The Labute approximate surface area is 77.1 Å². The maximum absolute atomic E-state index is 11.4. The van der Waals surface area contributed by atoms with Gasteiger partial charge >= 0.3 is 0 Å². The van der Waals surface area contributed by atoms with Crippen LogP contribution in [0.5, 0.6) is 0 Å². The van der Waals surface area contributed by atoms with Crippen LogP contribution in [0, 0.1) is 0 Å². The minimum atomic E-state index is -0.613. The average Bonchev–Trinajstić information content (AvgIpc) is 2.18. The van der Waals surface area contributed by atoms with E-state index in [-0.39, 0.29) is 5.91 Å². The number of hydrogen-bond acceptors (Lipinski definition) is 3. The summed E-state index contributed by atoms with van der Waals surface area (Å²) in [5.41, 5.74) is 2.42. The summed E-state index contributed by atoms with van der Waals surface area (Å²) in [6.45, 7) is 3.62. The zero-order valence-electron chi connectivity index (χ0n) is 7.74. The average molecular weight is 179 g/mol. The third-order valence-corrected chi connectivity index (χ3v) is 2.10. The number of pyridine rings is 1. The minimum absolute atomic E-state index is 0.210. The number of carbonyl (C=O) groups is 1. The van der Waals surface area contributed by atoms with Crippen molar-refractivity contribution in [1.29, 1.82) is 0 Å². The fraction of sp³-hybridized carbons (Fsp3) is 0.333. The molecule has 0 saturated heterocycles. The molecule has 1 aromatic heterocycles. The Morgan fingerprint density at radius 2 is 2.00 bits per heavy atom. The Bertz CT molecular complexity index is 295. The Morgan fingerprint density at radius 1 is 1.46 bits per heavy atom. The van der Waals surface area contributed by atoms with Gasteiger partial charge in [-0.15, -0.1) is 0 Å². The SMILES string of the molecule is CC(C)(C(=O)NN)c1ccncc1. The van der Waals surface area contributed by atoms with Crippen LogP contribution in [0.15, 0.2) is 24.5 Å². The molecular formula is C9H13N3O. The summed E-state index contributed by atoms with van der Waals surface area (Å²) in [5.74, 6) is 4.87. The summed E-state index contributed by atoms with van der Waals surface area (Å²) >= 11 is 0. The molecule has 13 heavy (non-hydrogen) atoms. The van der Waals surface area contributed by atoms with E-state index in [9.17, 15) is 4.79 Å². The van der Waals surface area contributed by atoms with E-state index in [1.807, 2.05) is 13.8 Å². The van der Waals surface area contributed by atoms with Crippen LogP contribution in [-0.4, -0.2) is 10.9 Å². The maximum Gasteiger partial charge on any atom is 0.243 e. The van der Waals surface area contributed by atoms with Crippen molar-refractivity contribution in [3.8, 4) is 0 Å². The lowest BCUT2D eigenvalue weighted by Gasteiger charge is -2.22. The Hall–Kier alpha value is -1.42. The largest absolute Gasteiger partial charge is 0.294 e. The van der Waals surface area contributed by atoms with Gasteiger partial charge in [0, 0.05) is 12.4 Å². The topological polar surface area (TPSA) is 68.0 Å². The van der Waals surface area contributed by atoms with Crippen LogP contribution in [0.4, 0.5) is 0 Å². The predicted octanol–water partition coefficient (Wildman–Crippen LogP) is 0.349. The molecule has 0 aliphatic heterocycles. The van der Waals surface area contributed by atoms with Crippen molar-refractivity contribution in [2.24, 2.45) is 5.84 Å². The Balaban J connectivity index is 3.00. The van der Waals surface area contributed by atoms with Gasteiger partial charge in [0.15, 0.2) is 0 Å². The summed E-state index contributed by atoms with van der Waals surface area (Å²) in [7, 11) is 0. The van der Waals surface area contributed by atoms with Crippen molar-refractivity contribution in [2.45, 2.75) is 19.3 Å². The van der Waals surface area contributed by atoms with Gasteiger partial charge in [0.1, 0.15) is 0 Å². The number of nitrogens with zero attached hydrogens (tertiary/aromatic N) is 1. The van der Waals surface area contributed by atoms with Crippen molar-refractivity contribution < 1.29 is 4.79 Å². The van der Waals surface area contributed by atoms with Crippen molar-refractivity contribution in [1.82, 2.24) is 10.4 Å². The molecule has 0 atom stereocenters. The molecule has 1 amide bonds. The number of rotatable bonds is 2. The van der Waals surface area contributed by atoms with Crippen molar-refractivity contribution >= 4 is 5.91 Å². The van der Waals surface area contributed by atoms with E-state index in [1.54, 1.807) is 24.5 Å². The van der Waals surface area contributed by atoms with Crippen molar-refractivity contribution in [2.75, 3.05) is 0 Å². The molecule has 0 saturated carbocycles. The molecule has 0 spiro atoms. The molecule has 0 aliphatic rings. The Morgan fingerprint density at radius 3 is 2.46 bits per heavy atom. The second kappa shape index (κ2) is 3.53. The molecule has 1 rings (SSSR count). The summed E-state index contributed by atoms with van der Waals surface area (Å²) in [4.78, 5) is 15.3. The lowest BCUT2D eigenvalue weighted by molar-refractivity contribution is -0.125. The normalized spacial score (nSPS) is 11.0. The van der Waals surface area contributed by atoms with E-state index in [2.05, 4.69) is 10.4 Å². The molecular weight excluding hydrogens is 166 g/mol. The highest BCUT2D eigenvalue weighted by Crippen LogP contribution is 2.21. The van der Waals surface area contributed by atoms with E-state index < -0.39 is 5.41 Å². The number of nitrogens with one attached hydrogen (secondary N) is 1. The number of carbonyl (C=O) groups excluding carboxylic acids is 1. The van der Waals surface area contributed by atoms with Crippen LogP contribution < -0.4 is 11.3 Å². The molecule has 0 unspecified atom stereocenters. The molecule has 1 aromatic rings. The Kier molecular flexibility index (Phi) is 2.63. The second-order valence-corrected chi connectivity index (χ2v) is 3.33. The summed E-state index contributed by atoms with van der Waals surface area (Å²) in [6.07, 6.45) is 3.31. The van der Waals surface area contributed by atoms with Gasteiger partial charge in [-0.05, 0) is 31.5 Å². The summed E-state index contributed by atoms with van der Waals surface area (Å²) in [5, 5.41) is 0. The first kappa shape index (κ1) is 9.67. The van der Waals surface area contributed by atoms with Gasteiger partial charge in [0.2, 0.25) is 5.91 Å². The molecule has 3 N–H and O–H groups in total. The quantitative estimate of drug-likeness (QED) is 0.391. The van der Waals surface area contributed by atoms with Gasteiger partial charge in [0.05, 0.1) is 5.41 Å². The van der Waals surface area contributed by atoms with E-state index in [1.165, 1.54) is 0 Å². The molecule has 0 fully saturated rings. The third-order valence-electron chi connectivity index (χ3n) is 2.10. The van der Waals surface area contributed by atoms with E-state index in [4.69, 9.17) is 5.84 Å². The molecule has 0 aromatic carbocycles. The van der Waals surface area contributed by atoms with Gasteiger partial charge in [-0.1, -0.05) is 0 Å². The molecule has 70 valence electrons. The van der Waals surface area contributed by atoms with Gasteiger partial charge in [0.25, 0.3) is 0 Å². The lowest BCUT2D eigenvalue weighted by Crippen LogP contribution is -2.43. The first-order chi connectivity index (χ1) is 6.09. The maximum atomic E-state index is 11.4. The zero-order chi connectivity index (χ0) is 9.90. The van der Waals surface area contributed by atoms with Crippen LogP contribution >= 0.6 is 0 Å². The molecule has 0 aliphatic carbocycles. The van der Waals surface area contributed by atoms with Crippen LogP contribution in [0.1, 0.15) is 19.4 Å². The highest BCUT2D eigenvalue weighted by molar-refractivity contribution is 5.86. The van der Waals surface area contributed by atoms with Crippen LogP contribution in [-0.2, 0) is 10.2 Å². The first-order valence-corrected chi connectivity index (χ1v) is 4.00. The van der Waals surface area contributed by atoms with Gasteiger partial charge in [-0.3, -0.25) is 15.2 Å². The number of amides is 1. The molecule has 4 nitrogen and oxygen atoms in total. The fourth-order valence-corrected chi connectivity index (χ4v) is 1.08. The highest BCUT2D eigenvalue weighted by atomic mass is 16.2. The van der Waals surface area contributed by atoms with E-state index >= 15 is 0 Å². The third kappa shape index (κ3) is 1.84. The molecule has 1 heterocycles. The number of aromatic nitrogens is 1. The van der Waals surface area contributed by atoms with Gasteiger partial charge in [-0.25, -0.2) is 5.84 Å². The fourth-order valence-electron chi connectivity index (χ4n) is 1.08. The predicted molar refractivity (Wildman–Crippen MR) is 49.6 cm³/mol. The first-order valence-electron chi connectivity index (χ1n) is 4.00. The smallest absolute Gasteiger partial charge is 0.243 e. The van der Waals surface area contributed by atoms with E-state index in [0.29, 0.717) is 0 Å². The van der Waals surface area contributed by atoms with Crippen molar-refractivity contribution in [3.63, 3.8) is 0 Å². The zero-order valence-corrected chi connectivity index (χ0v) is 7.74.